The summed E-state index contributed by atoms with van der Waals surface area (Å²) in [6.45, 7) is 2.88. The summed E-state index contributed by atoms with van der Waals surface area (Å²) in [4.78, 5) is 11.0. The fraction of sp³-hybridized carbons (Fsp3) is 0.600. The van der Waals surface area contributed by atoms with E-state index in [1.807, 2.05) is 0 Å². The van der Waals surface area contributed by atoms with E-state index >= 15 is 0 Å². The van der Waals surface area contributed by atoms with Crippen molar-refractivity contribution >= 4 is 0 Å². The van der Waals surface area contributed by atoms with Crippen molar-refractivity contribution in [3.8, 4) is 0 Å². The minimum Gasteiger partial charge on any atom is -0.274 e. The van der Waals surface area contributed by atoms with Gasteiger partial charge in [-0.1, -0.05) is 6.58 Å². The molecule has 0 saturated carbocycles. The zero-order chi connectivity index (χ0) is 7.28. The van der Waals surface area contributed by atoms with Gasteiger partial charge in [-0.3, -0.25) is 4.90 Å². The molecule has 0 amide bonds. The third-order valence-electron chi connectivity index (χ3n) is 0.786. The molecule has 0 spiro atoms. The second-order valence-electron chi connectivity index (χ2n) is 1.79. The van der Waals surface area contributed by atoms with Gasteiger partial charge in [-0.05, 0) is 12.2 Å². The van der Waals surface area contributed by atoms with Crippen molar-refractivity contribution in [2.45, 2.75) is 0 Å². The van der Waals surface area contributed by atoms with Crippen molar-refractivity contribution in [2.75, 3.05) is 20.4 Å². The van der Waals surface area contributed by atoms with Crippen molar-refractivity contribution in [1.82, 2.24) is 4.90 Å². The van der Waals surface area contributed by atoms with Crippen LogP contribution in [0.25, 0.3) is 0 Å². The van der Waals surface area contributed by atoms with Gasteiger partial charge in [0, 0.05) is 6.54 Å². The van der Waals surface area contributed by atoms with Crippen LogP contribution in [0.5, 0.6) is 0 Å². The highest BCUT2D eigenvalue weighted by atomic mass is 19.1. The first-order chi connectivity index (χ1) is 4.20. The average molecular weight is 132 g/mol. The quantitative estimate of drug-likeness (QED) is 0.424. The number of likely N-dealkylation sites (N-methyl/N-ethyl adjacent to an activating group) is 1. The van der Waals surface area contributed by atoms with Crippen LogP contribution in [0.1, 0.15) is 0 Å². The number of hydrogen-bond acceptors (Lipinski definition) is 3. The van der Waals surface area contributed by atoms with Crippen molar-refractivity contribution in [3.63, 3.8) is 0 Å². The molecule has 0 bridgehead atoms. The Hall–Kier alpha value is -0.770. The Labute approximate surface area is 53.1 Å². The van der Waals surface area contributed by atoms with Gasteiger partial charge in [0.05, 0.1) is 5.70 Å². The number of rotatable bonds is 4. The van der Waals surface area contributed by atoms with Gasteiger partial charge in [0.15, 0.2) is 0 Å². The molecular formula is C5H9FN2O. The first-order valence-electron chi connectivity index (χ1n) is 2.46. The van der Waals surface area contributed by atoms with E-state index in [1.54, 1.807) is 0 Å². The second kappa shape index (κ2) is 4.14. The van der Waals surface area contributed by atoms with E-state index in [0.29, 0.717) is 0 Å². The Morgan fingerprint density at radius 1 is 1.89 bits per heavy atom. The molecule has 0 heterocycles. The molecule has 0 fully saturated rings. The number of alkyl halides is 1. The van der Waals surface area contributed by atoms with Crippen LogP contribution in [0.3, 0.4) is 0 Å². The maximum Gasteiger partial charge on any atom is 0.143 e. The van der Waals surface area contributed by atoms with Crippen LogP contribution in [-0.2, 0) is 0 Å². The van der Waals surface area contributed by atoms with Crippen LogP contribution in [0.4, 0.5) is 4.39 Å². The fourth-order valence-electron chi connectivity index (χ4n) is 0.383. The second-order valence-corrected chi connectivity index (χ2v) is 1.79. The summed E-state index contributed by atoms with van der Waals surface area (Å²) in [5.74, 6) is 0. The third kappa shape index (κ3) is 3.78. The molecule has 3 nitrogen and oxygen atoms in total. The van der Waals surface area contributed by atoms with Gasteiger partial charge in [0.2, 0.25) is 0 Å². The molecule has 0 aliphatic rings. The van der Waals surface area contributed by atoms with Crippen LogP contribution in [0.2, 0.25) is 0 Å². The number of nitroso groups, excluding NO2 is 1. The molecule has 0 saturated heterocycles. The highest BCUT2D eigenvalue weighted by Gasteiger charge is 1.97. The zero-order valence-corrected chi connectivity index (χ0v) is 5.30. The van der Waals surface area contributed by atoms with Crippen LogP contribution < -0.4 is 0 Å². The van der Waals surface area contributed by atoms with E-state index in [-0.39, 0.29) is 12.2 Å². The van der Waals surface area contributed by atoms with Crippen LogP contribution in [0, 0.1) is 4.91 Å². The third-order valence-corrected chi connectivity index (χ3v) is 0.786. The van der Waals surface area contributed by atoms with Crippen LogP contribution >= 0.6 is 0 Å². The monoisotopic (exact) mass is 132 g/mol. The summed E-state index contributed by atoms with van der Waals surface area (Å²) in [6.07, 6.45) is 0. The highest BCUT2D eigenvalue weighted by molar-refractivity contribution is 4.92. The number of hydrogen-bond donors (Lipinski definition) is 0. The summed E-state index contributed by atoms with van der Waals surface area (Å²) in [5.41, 5.74) is 0.148. The minimum atomic E-state index is -0.589. The smallest absolute Gasteiger partial charge is 0.143 e. The molecule has 0 aromatic rings. The van der Waals surface area contributed by atoms with Crippen molar-refractivity contribution in [3.05, 3.63) is 17.2 Å². The molecule has 0 unspecified atom stereocenters. The van der Waals surface area contributed by atoms with Crippen molar-refractivity contribution < 1.29 is 4.39 Å². The van der Waals surface area contributed by atoms with E-state index in [9.17, 15) is 9.30 Å². The molecule has 0 aromatic carbocycles. The van der Waals surface area contributed by atoms with Crippen LogP contribution in [0.15, 0.2) is 17.5 Å². The van der Waals surface area contributed by atoms with E-state index in [4.69, 9.17) is 0 Å². The van der Waals surface area contributed by atoms with Gasteiger partial charge in [-0.25, -0.2) is 4.39 Å². The molecule has 0 N–H and O–H groups in total. The van der Waals surface area contributed by atoms with Gasteiger partial charge < -0.3 is 0 Å². The molecule has 0 aliphatic carbocycles. The van der Waals surface area contributed by atoms with Crippen molar-refractivity contribution in [2.24, 2.45) is 5.18 Å². The molecule has 52 valence electrons. The summed E-state index contributed by atoms with van der Waals surface area (Å²) in [7, 11) is 1.54. The Balaban J connectivity index is 3.46. The van der Waals surface area contributed by atoms with E-state index in [2.05, 4.69) is 11.8 Å². The largest absolute Gasteiger partial charge is 0.274 e. The van der Waals surface area contributed by atoms with Gasteiger partial charge in [-0.2, -0.15) is 0 Å². The predicted molar refractivity (Wildman–Crippen MR) is 33.5 cm³/mol. The number of halogens is 1. The van der Waals surface area contributed by atoms with Crippen molar-refractivity contribution in [1.29, 1.82) is 0 Å². The normalized spacial score (nSPS) is 9.67. The maximum absolute atomic E-state index is 11.6. The van der Waals surface area contributed by atoms with E-state index in [1.165, 1.54) is 11.9 Å². The molecule has 0 rings (SSSR count). The van der Waals surface area contributed by atoms with Gasteiger partial charge in [0.1, 0.15) is 6.80 Å². The molecule has 0 aliphatic heterocycles. The first-order valence-corrected chi connectivity index (χ1v) is 2.46. The van der Waals surface area contributed by atoms with Gasteiger partial charge in [-0.15, -0.1) is 4.91 Å². The SMILES string of the molecule is C=C(CN(C)CF)N=O. The first kappa shape index (κ1) is 8.23. The minimum absolute atomic E-state index is 0.148. The Kier molecular flexibility index (Phi) is 3.79. The summed E-state index contributed by atoms with van der Waals surface area (Å²) < 4.78 is 11.6. The Bertz CT molecular complexity index is 116. The molecule has 0 aromatic heterocycles. The lowest BCUT2D eigenvalue weighted by molar-refractivity contribution is 0.240. The van der Waals surface area contributed by atoms with E-state index < -0.39 is 6.80 Å². The van der Waals surface area contributed by atoms with Gasteiger partial charge >= 0.3 is 0 Å². The zero-order valence-electron chi connectivity index (χ0n) is 5.30. The topological polar surface area (TPSA) is 32.7 Å². The maximum atomic E-state index is 11.6. The summed E-state index contributed by atoms with van der Waals surface area (Å²) in [5, 5.41) is 2.52. The lowest BCUT2D eigenvalue weighted by atomic mass is 10.5. The predicted octanol–water partition coefficient (Wildman–Crippen LogP) is 1.13. The Morgan fingerprint density at radius 2 is 2.44 bits per heavy atom. The summed E-state index contributed by atoms with van der Waals surface area (Å²) >= 11 is 0. The van der Waals surface area contributed by atoms with Crippen LogP contribution in [-0.4, -0.2) is 25.3 Å². The van der Waals surface area contributed by atoms with Gasteiger partial charge in [0.25, 0.3) is 0 Å². The fourth-order valence-corrected chi connectivity index (χ4v) is 0.383. The standard InChI is InChI=1S/C5H9FN2O/c1-5(7-9)3-8(2)4-6/h1,3-4H2,2H3. The summed E-state index contributed by atoms with van der Waals surface area (Å²) in [6, 6.07) is 0. The van der Waals surface area contributed by atoms with E-state index in [0.717, 1.165) is 0 Å². The lowest BCUT2D eigenvalue weighted by Gasteiger charge is -2.08. The molecular weight excluding hydrogens is 123 g/mol. The lowest BCUT2D eigenvalue weighted by Crippen LogP contribution is -2.18. The average Bonchev–Trinajstić information content (AvgIpc) is 1.87. The highest BCUT2D eigenvalue weighted by Crippen LogP contribution is 1.93. The molecule has 0 radical (unpaired) electrons. The number of nitrogens with zero attached hydrogens (tertiary/aromatic N) is 2. The molecule has 0 atom stereocenters. The Morgan fingerprint density at radius 3 is 2.78 bits per heavy atom. The molecule has 4 heteroatoms. The molecule has 9 heavy (non-hydrogen) atoms.